The van der Waals surface area contributed by atoms with E-state index in [4.69, 9.17) is 23.2 Å². The van der Waals surface area contributed by atoms with Gasteiger partial charge in [0, 0.05) is 11.6 Å². The number of halogens is 4. The average molecular weight is 350 g/mol. The summed E-state index contributed by atoms with van der Waals surface area (Å²) in [5, 5.41) is 3.31. The van der Waals surface area contributed by atoms with Crippen molar-refractivity contribution in [1.29, 1.82) is 0 Å². The van der Waals surface area contributed by atoms with Gasteiger partial charge in [-0.25, -0.2) is 8.78 Å². The molecule has 1 heterocycles. The number of hydrogen-bond donors (Lipinski definition) is 1. The number of nitrogens with one attached hydrogen (secondary N) is 1. The Morgan fingerprint density at radius 1 is 1.24 bits per heavy atom. The number of thiophene rings is 1. The summed E-state index contributed by atoms with van der Waals surface area (Å²) in [4.78, 5) is 0. The van der Waals surface area contributed by atoms with E-state index < -0.39 is 11.6 Å². The molecule has 0 amide bonds. The molecule has 0 saturated carbocycles. The molecule has 0 fully saturated rings. The van der Waals surface area contributed by atoms with Crippen LogP contribution in [0.3, 0.4) is 0 Å². The van der Waals surface area contributed by atoms with Crippen molar-refractivity contribution < 1.29 is 8.78 Å². The van der Waals surface area contributed by atoms with E-state index >= 15 is 0 Å². The summed E-state index contributed by atoms with van der Waals surface area (Å²) in [7, 11) is 0. The first-order valence-corrected chi connectivity index (χ1v) is 8.20. The minimum atomic E-state index is -0.449. The van der Waals surface area contributed by atoms with E-state index in [-0.39, 0.29) is 6.04 Å². The molecule has 1 atom stereocenters. The molecule has 6 heteroatoms. The topological polar surface area (TPSA) is 12.0 Å². The van der Waals surface area contributed by atoms with Crippen LogP contribution < -0.4 is 5.32 Å². The van der Waals surface area contributed by atoms with Gasteiger partial charge in [-0.2, -0.15) is 0 Å². The van der Waals surface area contributed by atoms with Gasteiger partial charge in [-0.15, -0.1) is 11.3 Å². The molecular weight excluding hydrogens is 335 g/mol. The maximum Gasteiger partial charge on any atom is 0.126 e. The van der Waals surface area contributed by atoms with E-state index in [9.17, 15) is 8.78 Å². The second kappa shape index (κ2) is 7.54. The Morgan fingerprint density at radius 3 is 2.62 bits per heavy atom. The molecule has 0 saturated heterocycles. The van der Waals surface area contributed by atoms with Crippen molar-refractivity contribution in [3.8, 4) is 0 Å². The quantitative estimate of drug-likeness (QED) is 0.713. The minimum Gasteiger partial charge on any atom is -0.310 e. The lowest BCUT2D eigenvalue weighted by Gasteiger charge is -2.18. The van der Waals surface area contributed by atoms with E-state index in [1.54, 1.807) is 6.07 Å². The molecule has 1 N–H and O–H groups in total. The molecule has 1 nitrogen and oxygen atoms in total. The van der Waals surface area contributed by atoms with Gasteiger partial charge in [0.15, 0.2) is 0 Å². The van der Waals surface area contributed by atoms with E-state index in [1.807, 2.05) is 6.92 Å². The van der Waals surface area contributed by atoms with Crippen LogP contribution in [-0.4, -0.2) is 6.54 Å². The Hall–Kier alpha value is -0.680. The van der Waals surface area contributed by atoms with E-state index in [1.165, 1.54) is 17.4 Å². The van der Waals surface area contributed by atoms with Crippen LogP contribution in [-0.2, 0) is 6.42 Å². The van der Waals surface area contributed by atoms with Crippen LogP contribution in [0.4, 0.5) is 8.78 Å². The highest BCUT2D eigenvalue weighted by Gasteiger charge is 2.19. The highest BCUT2D eigenvalue weighted by Crippen LogP contribution is 2.36. The fraction of sp³-hybridized carbons (Fsp3) is 0.333. The molecule has 114 valence electrons. The summed E-state index contributed by atoms with van der Waals surface area (Å²) in [6.07, 6.45) is 1.24. The van der Waals surface area contributed by atoms with Crippen molar-refractivity contribution in [3.63, 3.8) is 0 Å². The molecule has 2 aromatic rings. The van der Waals surface area contributed by atoms with Gasteiger partial charge in [-0.3, -0.25) is 0 Å². The molecule has 1 aromatic carbocycles. The fourth-order valence-corrected chi connectivity index (χ4v) is 3.70. The van der Waals surface area contributed by atoms with Crippen LogP contribution in [0.5, 0.6) is 0 Å². The molecule has 21 heavy (non-hydrogen) atoms. The van der Waals surface area contributed by atoms with Crippen LogP contribution in [0.25, 0.3) is 0 Å². The zero-order chi connectivity index (χ0) is 15.4. The molecule has 2 rings (SSSR count). The maximum absolute atomic E-state index is 13.8. The van der Waals surface area contributed by atoms with Gasteiger partial charge in [0.25, 0.3) is 0 Å². The van der Waals surface area contributed by atoms with Crippen LogP contribution in [0.2, 0.25) is 8.67 Å². The SMILES string of the molecule is CCCNC(Cc1cc(F)ccc1F)c1cc(Cl)sc1Cl. The van der Waals surface area contributed by atoms with Gasteiger partial charge in [0.05, 0.1) is 8.67 Å². The minimum absolute atomic E-state index is 0.197. The van der Waals surface area contributed by atoms with E-state index in [2.05, 4.69) is 5.32 Å². The lowest BCUT2D eigenvalue weighted by Crippen LogP contribution is -2.24. The summed E-state index contributed by atoms with van der Waals surface area (Å²) in [6, 6.07) is 5.06. The molecule has 0 spiro atoms. The summed E-state index contributed by atoms with van der Waals surface area (Å²) < 4.78 is 28.3. The zero-order valence-corrected chi connectivity index (χ0v) is 13.8. The lowest BCUT2D eigenvalue weighted by molar-refractivity contribution is 0.510. The van der Waals surface area contributed by atoms with Gasteiger partial charge < -0.3 is 5.32 Å². The first kappa shape index (κ1) is 16.7. The predicted octanol–water partition coefficient (Wildman–Crippen LogP) is 5.62. The van der Waals surface area contributed by atoms with Crippen molar-refractivity contribution in [2.24, 2.45) is 0 Å². The smallest absolute Gasteiger partial charge is 0.126 e. The monoisotopic (exact) mass is 349 g/mol. The summed E-state index contributed by atoms with van der Waals surface area (Å²) >= 11 is 13.4. The van der Waals surface area contributed by atoms with Crippen molar-refractivity contribution in [2.75, 3.05) is 6.54 Å². The van der Waals surface area contributed by atoms with Gasteiger partial charge in [0.1, 0.15) is 11.6 Å². The van der Waals surface area contributed by atoms with E-state index in [0.29, 0.717) is 20.7 Å². The molecule has 0 radical (unpaired) electrons. The highest BCUT2D eigenvalue weighted by molar-refractivity contribution is 7.20. The Morgan fingerprint density at radius 2 is 2.00 bits per heavy atom. The molecule has 1 aromatic heterocycles. The Balaban J connectivity index is 2.28. The van der Waals surface area contributed by atoms with Crippen molar-refractivity contribution in [2.45, 2.75) is 25.8 Å². The summed E-state index contributed by atoms with van der Waals surface area (Å²) in [5.41, 5.74) is 1.14. The third-order valence-electron chi connectivity index (χ3n) is 3.13. The van der Waals surface area contributed by atoms with Gasteiger partial charge >= 0.3 is 0 Å². The van der Waals surface area contributed by atoms with Crippen LogP contribution in [0.1, 0.15) is 30.5 Å². The molecule has 0 aliphatic heterocycles. The normalized spacial score (nSPS) is 12.6. The largest absolute Gasteiger partial charge is 0.310 e. The number of rotatable bonds is 6. The van der Waals surface area contributed by atoms with Crippen LogP contribution in [0, 0.1) is 11.6 Å². The standard InChI is InChI=1S/C15H15Cl2F2NS/c1-2-5-20-13(11-8-14(16)21-15(11)17)7-9-6-10(18)3-4-12(9)19/h3-4,6,8,13,20H,2,5,7H2,1H3. The first-order chi connectivity index (χ1) is 10.0. The van der Waals surface area contributed by atoms with Crippen LogP contribution in [0.15, 0.2) is 24.3 Å². The van der Waals surface area contributed by atoms with Crippen molar-refractivity contribution >= 4 is 34.5 Å². The third-order valence-corrected chi connectivity index (χ3v) is 4.65. The Kier molecular flexibility index (Phi) is 5.99. The van der Waals surface area contributed by atoms with Gasteiger partial charge in [-0.05, 0) is 49.2 Å². The fourth-order valence-electron chi connectivity index (χ4n) is 2.12. The van der Waals surface area contributed by atoms with Crippen molar-refractivity contribution in [1.82, 2.24) is 5.32 Å². The average Bonchev–Trinajstić information content (AvgIpc) is 2.77. The Labute approximate surface area is 136 Å². The van der Waals surface area contributed by atoms with Crippen LogP contribution >= 0.6 is 34.5 Å². The van der Waals surface area contributed by atoms with Gasteiger partial charge in [-0.1, -0.05) is 30.1 Å². The summed E-state index contributed by atoms with van der Waals surface area (Å²) in [5.74, 6) is -0.868. The molecule has 0 aliphatic rings. The second-order valence-corrected chi connectivity index (χ2v) is 7.01. The second-order valence-electron chi connectivity index (χ2n) is 4.73. The number of benzene rings is 1. The van der Waals surface area contributed by atoms with Gasteiger partial charge in [0.2, 0.25) is 0 Å². The molecule has 1 unspecified atom stereocenters. The predicted molar refractivity (Wildman–Crippen MR) is 85.4 cm³/mol. The Bertz CT molecular complexity index is 616. The van der Waals surface area contributed by atoms with E-state index in [0.717, 1.165) is 30.7 Å². The summed E-state index contributed by atoms with van der Waals surface area (Å²) in [6.45, 7) is 2.79. The first-order valence-electron chi connectivity index (χ1n) is 6.63. The molecule has 0 bridgehead atoms. The highest BCUT2D eigenvalue weighted by atomic mass is 35.5. The maximum atomic E-state index is 13.8. The number of hydrogen-bond acceptors (Lipinski definition) is 2. The lowest BCUT2D eigenvalue weighted by atomic mass is 10.0. The molecule has 0 aliphatic carbocycles. The zero-order valence-electron chi connectivity index (χ0n) is 11.4. The van der Waals surface area contributed by atoms with Crippen molar-refractivity contribution in [3.05, 3.63) is 55.7 Å². The molecular formula is C15H15Cl2F2NS. The third kappa shape index (κ3) is 4.39.